The van der Waals surface area contributed by atoms with Crippen molar-refractivity contribution < 1.29 is 9.53 Å². The first kappa shape index (κ1) is 27.9. The van der Waals surface area contributed by atoms with Gasteiger partial charge in [-0.05, 0) is 89.0 Å². The maximum atomic E-state index is 10.2. The molecule has 194 valence electrons. The minimum Gasteiger partial charge on any atom is -0.490 e. The zero-order valence-electron chi connectivity index (χ0n) is 22.2. The van der Waals surface area contributed by atoms with Crippen molar-refractivity contribution in [3.63, 3.8) is 0 Å². The second kappa shape index (κ2) is 13.6. The van der Waals surface area contributed by atoms with Crippen molar-refractivity contribution in [1.82, 2.24) is 19.7 Å². The number of halogens is 1. The Bertz CT molecular complexity index is 1110. The first-order valence-corrected chi connectivity index (χ1v) is 13.3. The van der Waals surface area contributed by atoms with Gasteiger partial charge in [0, 0.05) is 17.4 Å². The molecule has 0 atom stereocenters. The minimum atomic E-state index is 0.213. The Morgan fingerprint density at radius 1 is 1.03 bits per heavy atom. The Kier molecular flexibility index (Phi) is 10.5. The molecule has 4 rings (SSSR count). The molecule has 7 heteroatoms. The zero-order chi connectivity index (χ0) is 26.1. The van der Waals surface area contributed by atoms with E-state index in [1.807, 2.05) is 55.4 Å². The Hall–Kier alpha value is -2.70. The second-order valence-corrected chi connectivity index (χ2v) is 10.1. The average molecular weight is 511 g/mol. The molecule has 1 saturated carbocycles. The van der Waals surface area contributed by atoms with Crippen LogP contribution in [-0.4, -0.2) is 52.2 Å². The van der Waals surface area contributed by atoms with Gasteiger partial charge in [-0.1, -0.05) is 43.6 Å². The Balaban J connectivity index is 0.000000454. The van der Waals surface area contributed by atoms with Gasteiger partial charge in [0.2, 0.25) is 0 Å². The van der Waals surface area contributed by atoms with Crippen molar-refractivity contribution in [2.45, 2.75) is 71.3 Å². The number of ether oxygens (including phenoxy) is 1. The molecule has 1 fully saturated rings. The third-order valence-corrected chi connectivity index (χ3v) is 6.59. The lowest BCUT2D eigenvalue weighted by molar-refractivity contribution is -0.117. The minimum absolute atomic E-state index is 0.213. The highest BCUT2D eigenvalue weighted by Crippen LogP contribution is 2.36. The van der Waals surface area contributed by atoms with Crippen LogP contribution >= 0.6 is 11.6 Å². The van der Waals surface area contributed by atoms with Gasteiger partial charge in [-0.15, -0.1) is 10.2 Å². The molecule has 6 nitrogen and oxygen atoms in total. The van der Waals surface area contributed by atoms with Crippen LogP contribution < -0.4 is 4.74 Å². The predicted octanol–water partition coefficient (Wildman–Crippen LogP) is 6.29. The fourth-order valence-electron chi connectivity index (χ4n) is 4.72. The van der Waals surface area contributed by atoms with Crippen molar-refractivity contribution in [1.29, 1.82) is 0 Å². The summed E-state index contributed by atoms with van der Waals surface area (Å²) in [5.74, 6) is 3.67. The van der Waals surface area contributed by atoms with Gasteiger partial charge in [0.05, 0.1) is 18.3 Å². The number of rotatable bonds is 8. The van der Waals surface area contributed by atoms with Crippen LogP contribution in [0, 0.1) is 0 Å². The van der Waals surface area contributed by atoms with Gasteiger partial charge in [0.25, 0.3) is 0 Å². The molecular formula is C29H39ClN4O2. The van der Waals surface area contributed by atoms with Crippen molar-refractivity contribution in [2.75, 3.05) is 20.6 Å². The Morgan fingerprint density at radius 2 is 1.72 bits per heavy atom. The molecule has 2 aromatic carbocycles. The predicted molar refractivity (Wildman–Crippen MR) is 146 cm³/mol. The van der Waals surface area contributed by atoms with Crippen molar-refractivity contribution >= 4 is 17.4 Å². The number of aryl methyl sites for hydroxylation is 2. The average Bonchev–Trinajstić information content (AvgIpc) is 3.28. The van der Waals surface area contributed by atoms with E-state index in [-0.39, 0.29) is 11.9 Å². The first-order valence-electron chi connectivity index (χ1n) is 12.9. The van der Waals surface area contributed by atoms with Gasteiger partial charge < -0.3 is 9.64 Å². The smallest absolute Gasteiger partial charge is 0.143 e. The number of carbonyl (C=O) groups is 1. The molecule has 1 heterocycles. The fraction of sp³-hybridized carbons (Fsp3) is 0.483. The number of likely N-dealkylation sites (N-methyl/N-ethyl adjacent to an activating group) is 1. The summed E-state index contributed by atoms with van der Waals surface area (Å²) in [5, 5.41) is 9.93. The van der Waals surface area contributed by atoms with Crippen LogP contribution in [0.3, 0.4) is 0 Å². The van der Waals surface area contributed by atoms with Gasteiger partial charge in [-0.25, -0.2) is 0 Å². The van der Waals surface area contributed by atoms with Crippen LogP contribution in [0.5, 0.6) is 5.75 Å². The molecular weight excluding hydrogens is 472 g/mol. The molecule has 0 amide bonds. The number of ketones is 1. The number of hydrogen-bond donors (Lipinski definition) is 0. The zero-order valence-corrected chi connectivity index (χ0v) is 23.0. The summed E-state index contributed by atoms with van der Waals surface area (Å²) < 4.78 is 8.45. The van der Waals surface area contributed by atoms with Crippen LogP contribution in [0.25, 0.3) is 5.69 Å². The SMILES string of the molecule is CC(=O)CN(C)C.CCc1cc(Cl)ccc1-n1c(CC)nnc1C1CCC(Oc2ccccc2)CC1. The molecule has 0 spiro atoms. The maximum Gasteiger partial charge on any atom is 0.143 e. The maximum absolute atomic E-state index is 10.2. The molecule has 36 heavy (non-hydrogen) atoms. The van der Waals surface area contributed by atoms with Gasteiger partial charge in [0.1, 0.15) is 23.2 Å². The van der Waals surface area contributed by atoms with E-state index in [1.165, 1.54) is 5.56 Å². The van der Waals surface area contributed by atoms with E-state index < -0.39 is 0 Å². The third kappa shape index (κ3) is 7.65. The fourth-order valence-corrected chi connectivity index (χ4v) is 4.91. The summed E-state index contributed by atoms with van der Waals surface area (Å²) in [7, 11) is 3.75. The van der Waals surface area contributed by atoms with E-state index in [1.54, 1.807) is 6.92 Å². The number of para-hydroxylation sites is 1. The number of carbonyl (C=O) groups excluding carboxylic acids is 1. The summed E-state index contributed by atoms with van der Waals surface area (Å²) in [4.78, 5) is 12.1. The number of hydrogen-bond acceptors (Lipinski definition) is 5. The summed E-state index contributed by atoms with van der Waals surface area (Å²) in [6.07, 6.45) is 6.25. The number of nitrogens with zero attached hydrogens (tertiary/aromatic N) is 4. The molecule has 1 aliphatic carbocycles. The highest BCUT2D eigenvalue weighted by atomic mass is 35.5. The standard InChI is InChI=1S/C24H28ClN3O.C5H11NO/c1-3-17-16-19(25)12-15-22(17)28-23(4-2)26-27-24(28)18-10-13-21(14-11-18)29-20-8-6-5-7-9-20;1-5(7)4-6(2)3/h5-9,12,15-16,18,21H,3-4,10-11,13-14H2,1-2H3;4H2,1-3H3. The van der Waals surface area contributed by atoms with Crippen LogP contribution in [-0.2, 0) is 17.6 Å². The molecule has 1 aliphatic rings. The number of aromatic nitrogens is 3. The lowest BCUT2D eigenvalue weighted by atomic mass is 9.86. The van der Waals surface area contributed by atoms with Gasteiger partial charge in [-0.2, -0.15) is 0 Å². The lowest BCUT2D eigenvalue weighted by Gasteiger charge is -2.29. The summed E-state index contributed by atoms with van der Waals surface area (Å²) in [5.41, 5.74) is 2.39. The molecule has 0 radical (unpaired) electrons. The van der Waals surface area contributed by atoms with Crippen molar-refractivity contribution in [3.05, 3.63) is 70.8 Å². The highest BCUT2D eigenvalue weighted by Gasteiger charge is 2.29. The highest BCUT2D eigenvalue weighted by molar-refractivity contribution is 6.30. The topological polar surface area (TPSA) is 60.2 Å². The molecule has 0 unspecified atom stereocenters. The molecule has 0 N–H and O–H groups in total. The largest absolute Gasteiger partial charge is 0.490 e. The van der Waals surface area contributed by atoms with Crippen LogP contribution in [0.4, 0.5) is 0 Å². The molecule has 0 bridgehead atoms. The molecule has 3 aromatic rings. The third-order valence-electron chi connectivity index (χ3n) is 6.36. The Labute approximate surface area is 220 Å². The van der Waals surface area contributed by atoms with E-state index in [9.17, 15) is 4.79 Å². The van der Waals surface area contributed by atoms with E-state index in [4.69, 9.17) is 16.3 Å². The second-order valence-electron chi connectivity index (χ2n) is 9.63. The monoisotopic (exact) mass is 510 g/mol. The number of benzene rings is 2. The van der Waals surface area contributed by atoms with Gasteiger partial charge in [0.15, 0.2) is 0 Å². The number of Topliss-reactive ketones (excluding diaryl/α,β-unsaturated/α-hetero) is 1. The van der Waals surface area contributed by atoms with Gasteiger partial charge in [-0.3, -0.25) is 9.36 Å². The van der Waals surface area contributed by atoms with Gasteiger partial charge >= 0.3 is 0 Å². The van der Waals surface area contributed by atoms with Crippen molar-refractivity contribution in [3.8, 4) is 11.4 Å². The van der Waals surface area contributed by atoms with E-state index in [0.29, 0.717) is 12.5 Å². The molecule has 0 saturated heterocycles. The summed E-state index contributed by atoms with van der Waals surface area (Å²) in [6, 6.07) is 16.3. The summed E-state index contributed by atoms with van der Waals surface area (Å²) >= 11 is 6.25. The Morgan fingerprint density at radius 3 is 2.28 bits per heavy atom. The van der Waals surface area contributed by atoms with E-state index in [2.05, 4.69) is 40.7 Å². The lowest BCUT2D eigenvalue weighted by Crippen LogP contribution is -2.25. The molecule has 1 aromatic heterocycles. The molecule has 0 aliphatic heterocycles. The summed E-state index contributed by atoms with van der Waals surface area (Å²) in [6.45, 7) is 6.44. The quantitative estimate of drug-likeness (QED) is 0.356. The van der Waals surface area contributed by atoms with Crippen LogP contribution in [0.1, 0.15) is 69.6 Å². The van der Waals surface area contributed by atoms with E-state index >= 15 is 0 Å². The van der Waals surface area contributed by atoms with Crippen LogP contribution in [0.2, 0.25) is 5.02 Å². The first-order chi connectivity index (χ1) is 17.3. The van der Waals surface area contributed by atoms with E-state index in [0.717, 1.165) is 66.6 Å². The normalized spacial score (nSPS) is 17.4. The van der Waals surface area contributed by atoms with Crippen LogP contribution in [0.15, 0.2) is 48.5 Å². The van der Waals surface area contributed by atoms with Crippen molar-refractivity contribution in [2.24, 2.45) is 0 Å².